The molecule has 3 aliphatic rings. The van der Waals surface area contributed by atoms with E-state index in [2.05, 4.69) is 36.4 Å². The Morgan fingerprint density at radius 1 is 1.07 bits per heavy atom. The van der Waals surface area contributed by atoms with Crippen molar-refractivity contribution >= 4 is 29.6 Å². The number of fused-ring (bicyclic) bond motifs is 1. The Kier molecular flexibility index (Phi) is 10.0. The molecule has 2 saturated carbocycles. The Bertz CT molecular complexity index is 999. The third-order valence-electron chi connectivity index (χ3n) is 8.42. The molecular formula is C29H46N4O7. The van der Waals surface area contributed by atoms with Gasteiger partial charge < -0.3 is 30.3 Å². The molecule has 2 unspecified atom stereocenters. The van der Waals surface area contributed by atoms with E-state index >= 15 is 0 Å². The van der Waals surface area contributed by atoms with Crippen molar-refractivity contribution in [3.05, 3.63) is 12.7 Å². The zero-order valence-corrected chi connectivity index (χ0v) is 24.7. The molecule has 1 aliphatic heterocycles. The van der Waals surface area contributed by atoms with E-state index < -0.39 is 47.4 Å². The Labute approximate surface area is 237 Å². The maximum atomic E-state index is 14.1. The molecule has 0 aromatic carbocycles. The van der Waals surface area contributed by atoms with Crippen LogP contribution < -0.4 is 16.0 Å². The molecule has 0 bridgehead atoms. The number of carbonyl (C=O) groups excluding carboxylic acids is 5. The standard InChI is InChI=1S/C29H46N4O7/c1-8-14-30-25(36)23(34)19(16-39-7)31-24(35)22-20-18(29(20,5)6)15-33(22)26(37)21(17-12-10-9-11-13-17)32-27(38)40-28(2,3)4/h8,17-22H,1,9-16H2,2-7H3,(H,30,36)(H,31,35)(H,32,38)/t18?,19?,20-,21-,22-/m0/s1. The van der Waals surface area contributed by atoms with Crippen LogP contribution in [0.5, 0.6) is 0 Å². The maximum absolute atomic E-state index is 14.1. The van der Waals surface area contributed by atoms with E-state index in [-0.39, 0.29) is 42.2 Å². The molecule has 224 valence electrons. The number of ketones is 1. The molecule has 3 rings (SSSR count). The molecule has 4 amide bonds. The number of nitrogens with one attached hydrogen (secondary N) is 3. The van der Waals surface area contributed by atoms with Gasteiger partial charge in [0.2, 0.25) is 17.6 Å². The van der Waals surface area contributed by atoms with Gasteiger partial charge in [-0.2, -0.15) is 0 Å². The van der Waals surface area contributed by atoms with Crippen LogP contribution in [0.15, 0.2) is 12.7 Å². The summed E-state index contributed by atoms with van der Waals surface area (Å²) in [5.41, 5.74) is -0.896. The van der Waals surface area contributed by atoms with Gasteiger partial charge in [-0.25, -0.2) is 4.79 Å². The summed E-state index contributed by atoms with van der Waals surface area (Å²) in [7, 11) is 1.37. The second kappa shape index (κ2) is 12.7. The molecule has 0 aromatic rings. The van der Waals surface area contributed by atoms with Gasteiger partial charge in [0.15, 0.2) is 0 Å². The molecule has 0 aromatic heterocycles. The van der Waals surface area contributed by atoms with Crippen molar-refractivity contribution in [2.45, 2.75) is 90.4 Å². The number of likely N-dealkylation sites (tertiary alicyclic amines) is 1. The number of nitrogens with zero attached hydrogens (tertiary/aromatic N) is 1. The van der Waals surface area contributed by atoms with Gasteiger partial charge in [-0.05, 0) is 56.8 Å². The first-order valence-electron chi connectivity index (χ1n) is 14.2. The van der Waals surface area contributed by atoms with Crippen molar-refractivity contribution in [1.29, 1.82) is 0 Å². The molecule has 1 heterocycles. The predicted molar refractivity (Wildman–Crippen MR) is 148 cm³/mol. The molecular weight excluding hydrogens is 516 g/mol. The van der Waals surface area contributed by atoms with Crippen LogP contribution in [0.1, 0.15) is 66.7 Å². The van der Waals surface area contributed by atoms with Crippen LogP contribution in [-0.4, -0.2) is 85.0 Å². The summed E-state index contributed by atoms with van der Waals surface area (Å²) < 4.78 is 10.6. The number of ether oxygens (including phenoxy) is 2. The Hall–Kier alpha value is -2.95. The molecule has 0 radical (unpaired) electrons. The fraction of sp³-hybridized carbons (Fsp3) is 0.759. The van der Waals surface area contributed by atoms with E-state index in [0.29, 0.717) is 6.54 Å². The SMILES string of the molecule is C=CCNC(=O)C(=O)C(COC)NC(=O)[C@@H]1[C@@H]2C(CN1C(=O)[C@@H](NC(=O)OC(C)(C)C)C1CCCCC1)C2(C)C. The lowest BCUT2D eigenvalue weighted by atomic mass is 9.83. The number of hydrogen-bond donors (Lipinski definition) is 3. The lowest BCUT2D eigenvalue weighted by Crippen LogP contribution is -2.60. The number of rotatable bonds is 11. The molecule has 3 fully saturated rings. The largest absolute Gasteiger partial charge is 0.444 e. The van der Waals surface area contributed by atoms with Crippen LogP contribution in [-0.2, 0) is 28.7 Å². The zero-order valence-electron chi connectivity index (χ0n) is 24.7. The summed E-state index contributed by atoms with van der Waals surface area (Å²) in [5, 5.41) is 7.93. The van der Waals surface area contributed by atoms with Gasteiger partial charge in [0.25, 0.3) is 5.91 Å². The first-order chi connectivity index (χ1) is 18.7. The van der Waals surface area contributed by atoms with E-state index in [4.69, 9.17) is 9.47 Å². The predicted octanol–water partition coefficient (Wildman–Crippen LogP) is 1.95. The minimum Gasteiger partial charge on any atom is -0.444 e. The van der Waals surface area contributed by atoms with Crippen LogP contribution in [0.3, 0.4) is 0 Å². The monoisotopic (exact) mass is 562 g/mol. The molecule has 0 spiro atoms. The Balaban J connectivity index is 1.83. The van der Waals surface area contributed by atoms with Crippen LogP contribution in [0.25, 0.3) is 0 Å². The van der Waals surface area contributed by atoms with Crippen molar-refractivity contribution < 1.29 is 33.4 Å². The number of carbonyl (C=O) groups is 5. The Morgan fingerprint density at radius 2 is 1.73 bits per heavy atom. The van der Waals surface area contributed by atoms with Gasteiger partial charge in [-0.3, -0.25) is 19.2 Å². The van der Waals surface area contributed by atoms with Crippen molar-refractivity contribution in [3.8, 4) is 0 Å². The highest BCUT2D eigenvalue weighted by atomic mass is 16.6. The van der Waals surface area contributed by atoms with Gasteiger partial charge in [-0.15, -0.1) is 6.58 Å². The third kappa shape index (κ3) is 7.21. The van der Waals surface area contributed by atoms with Gasteiger partial charge in [0, 0.05) is 20.2 Å². The third-order valence-corrected chi connectivity index (χ3v) is 8.42. The average Bonchev–Trinajstić information content (AvgIpc) is 3.21. The maximum Gasteiger partial charge on any atom is 0.408 e. The second-order valence-corrected chi connectivity index (χ2v) is 12.8. The first-order valence-corrected chi connectivity index (χ1v) is 14.2. The summed E-state index contributed by atoms with van der Waals surface area (Å²) in [6.07, 6.45) is 5.35. The highest BCUT2D eigenvalue weighted by Crippen LogP contribution is 2.65. The van der Waals surface area contributed by atoms with E-state index in [1.54, 1.807) is 25.7 Å². The highest BCUT2D eigenvalue weighted by molar-refractivity contribution is 6.38. The van der Waals surface area contributed by atoms with Gasteiger partial charge in [-0.1, -0.05) is 39.2 Å². The molecule has 2 aliphatic carbocycles. The number of piperidine rings is 1. The molecule has 40 heavy (non-hydrogen) atoms. The fourth-order valence-electron chi connectivity index (χ4n) is 6.29. The number of alkyl carbamates (subject to hydrolysis) is 1. The smallest absolute Gasteiger partial charge is 0.408 e. The number of hydrogen-bond acceptors (Lipinski definition) is 7. The van der Waals surface area contributed by atoms with Crippen LogP contribution in [0, 0.1) is 23.2 Å². The van der Waals surface area contributed by atoms with Gasteiger partial charge in [0.05, 0.1) is 6.61 Å². The molecule has 1 saturated heterocycles. The quantitative estimate of drug-likeness (QED) is 0.258. The zero-order chi connectivity index (χ0) is 29.8. The molecule has 5 atom stereocenters. The summed E-state index contributed by atoms with van der Waals surface area (Å²) >= 11 is 0. The molecule has 11 nitrogen and oxygen atoms in total. The van der Waals surface area contributed by atoms with Crippen molar-refractivity contribution in [3.63, 3.8) is 0 Å². The van der Waals surface area contributed by atoms with Crippen molar-refractivity contribution in [2.24, 2.45) is 23.2 Å². The number of Topliss-reactive ketones (excluding diaryl/α,β-unsaturated/α-hetero) is 1. The minimum absolute atomic E-state index is 0.0706. The lowest BCUT2D eigenvalue weighted by molar-refractivity contribution is -0.145. The van der Waals surface area contributed by atoms with Crippen LogP contribution >= 0.6 is 0 Å². The highest BCUT2D eigenvalue weighted by Gasteiger charge is 2.69. The van der Waals surface area contributed by atoms with E-state index in [1.807, 2.05) is 0 Å². The Morgan fingerprint density at radius 3 is 2.30 bits per heavy atom. The molecule has 3 N–H and O–H groups in total. The minimum atomic E-state index is -1.21. The molecule has 11 heteroatoms. The second-order valence-electron chi connectivity index (χ2n) is 12.8. The summed E-state index contributed by atoms with van der Waals surface area (Å²) in [5.74, 6) is -2.61. The van der Waals surface area contributed by atoms with Crippen molar-refractivity contribution in [2.75, 3.05) is 26.8 Å². The number of amides is 4. The first kappa shape index (κ1) is 31.6. The topological polar surface area (TPSA) is 143 Å². The summed E-state index contributed by atoms with van der Waals surface area (Å²) in [6.45, 7) is 13.2. The van der Waals surface area contributed by atoms with E-state index in [0.717, 1.165) is 32.1 Å². The van der Waals surface area contributed by atoms with Crippen LogP contribution in [0.4, 0.5) is 4.79 Å². The van der Waals surface area contributed by atoms with E-state index in [9.17, 15) is 24.0 Å². The van der Waals surface area contributed by atoms with Crippen LogP contribution in [0.2, 0.25) is 0 Å². The average molecular weight is 563 g/mol. The normalized spacial score (nSPS) is 25.1. The summed E-state index contributed by atoms with van der Waals surface area (Å²) in [4.78, 5) is 67.3. The van der Waals surface area contributed by atoms with E-state index in [1.165, 1.54) is 13.2 Å². The fourth-order valence-corrected chi connectivity index (χ4v) is 6.29. The lowest BCUT2D eigenvalue weighted by Gasteiger charge is -2.37. The summed E-state index contributed by atoms with van der Waals surface area (Å²) in [6, 6.07) is -2.89. The van der Waals surface area contributed by atoms with Crippen molar-refractivity contribution in [1.82, 2.24) is 20.9 Å². The van der Waals surface area contributed by atoms with Gasteiger partial charge >= 0.3 is 6.09 Å². The van der Waals surface area contributed by atoms with Gasteiger partial charge in [0.1, 0.15) is 23.7 Å². The number of methoxy groups -OCH3 is 1.